The number of carbonyl (C=O) groups is 1. The van der Waals surface area contributed by atoms with Crippen LogP contribution in [0, 0.1) is 0 Å². The number of thiazole rings is 1. The van der Waals surface area contributed by atoms with Crippen LogP contribution in [-0.2, 0) is 16.6 Å². The molecule has 0 unspecified atom stereocenters. The number of benzene rings is 3. The minimum absolute atomic E-state index is 0.0517. The van der Waals surface area contributed by atoms with E-state index in [0.717, 1.165) is 16.1 Å². The van der Waals surface area contributed by atoms with Crippen LogP contribution < -0.4 is 21.1 Å². The number of sulfonamides is 1. The van der Waals surface area contributed by atoms with Crippen LogP contribution in [0.4, 0.5) is 16.2 Å². The van der Waals surface area contributed by atoms with Crippen molar-refractivity contribution in [1.29, 1.82) is 0 Å². The molecule has 1 aromatic heterocycles. The summed E-state index contributed by atoms with van der Waals surface area (Å²) in [6.45, 7) is 5.66. The lowest BCUT2D eigenvalue weighted by Crippen LogP contribution is -2.40. The molecule has 0 radical (unpaired) electrons. The van der Waals surface area contributed by atoms with Crippen LogP contribution >= 0.6 is 11.3 Å². The van der Waals surface area contributed by atoms with Gasteiger partial charge in [0.25, 0.3) is 0 Å². The Morgan fingerprint density at radius 1 is 1.00 bits per heavy atom. The largest absolute Gasteiger partial charge is 0.399 e. The molecule has 0 saturated heterocycles. The lowest BCUT2D eigenvalue weighted by molar-refractivity contribution is 0.251. The predicted molar refractivity (Wildman–Crippen MR) is 150 cm³/mol. The molecule has 0 bridgehead atoms. The summed E-state index contributed by atoms with van der Waals surface area (Å²) in [5, 5.41) is 6.26. The molecule has 0 aliphatic carbocycles. The van der Waals surface area contributed by atoms with Gasteiger partial charge in [-0.15, -0.1) is 11.3 Å². The Kier molecular flexibility index (Phi) is 7.63. The first-order chi connectivity index (χ1) is 17.5. The summed E-state index contributed by atoms with van der Waals surface area (Å²) in [5.41, 5.74) is 8.43. The van der Waals surface area contributed by atoms with E-state index >= 15 is 0 Å². The van der Waals surface area contributed by atoms with Crippen LogP contribution in [0.2, 0.25) is 0 Å². The zero-order chi connectivity index (χ0) is 26.6. The maximum atomic E-state index is 13.4. The van der Waals surface area contributed by atoms with Crippen LogP contribution in [-0.4, -0.2) is 25.0 Å². The Hall–Kier alpha value is -3.73. The van der Waals surface area contributed by atoms with Crippen molar-refractivity contribution in [1.82, 2.24) is 15.0 Å². The van der Waals surface area contributed by atoms with E-state index in [-0.39, 0.29) is 4.90 Å². The summed E-state index contributed by atoms with van der Waals surface area (Å²) in [4.78, 5) is 17.7. The van der Waals surface area contributed by atoms with E-state index in [1.54, 1.807) is 51.2 Å². The fourth-order valence-corrected chi connectivity index (χ4v) is 6.29. The number of carbonyl (C=O) groups excluding carboxylic acids is 1. The van der Waals surface area contributed by atoms with E-state index in [2.05, 4.69) is 20.3 Å². The van der Waals surface area contributed by atoms with Crippen molar-refractivity contribution in [3.8, 4) is 21.0 Å². The summed E-state index contributed by atoms with van der Waals surface area (Å²) in [5.74, 6) is 0. The van der Waals surface area contributed by atoms with E-state index in [9.17, 15) is 13.2 Å². The number of anilines is 2. The first kappa shape index (κ1) is 26.3. The molecule has 3 aromatic carbocycles. The predicted octanol–water partition coefficient (Wildman–Crippen LogP) is 5.46. The first-order valence-corrected chi connectivity index (χ1v) is 13.9. The lowest BCUT2D eigenvalue weighted by Gasteiger charge is -2.22. The molecule has 1 heterocycles. The zero-order valence-corrected chi connectivity index (χ0v) is 22.4. The second kappa shape index (κ2) is 10.7. The standard InChI is InChI=1S/C27H29N5O3S2/c1-27(2,3)32-37(34,35)24-15-21(31-26(33)30-16-18-7-5-4-6-8-18)13-14-22(24)23-17-29-25(36-23)19-9-11-20(28)12-10-19/h4-15,17,32H,16,28H2,1-3H3,(H2,30,31,33). The Morgan fingerprint density at radius 3 is 2.38 bits per heavy atom. The van der Waals surface area contributed by atoms with Crippen LogP contribution in [0.25, 0.3) is 21.0 Å². The van der Waals surface area contributed by atoms with Gasteiger partial charge >= 0.3 is 6.03 Å². The summed E-state index contributed by atoms with van der Waals surface area (Å²) < 4.78 is 29.6. The molecular formula is C27H29N5O3S2. The Labute approximate surface area is 221 Å². The van der Waals surface area contributed by atoms with E-state index in [1.165, 1.54) is 17.4 Å². The third-order valence-electron chi connectivity index (χ3n) is 5.19. The molecule has 0 atom stereocenters. The second-order valence-electron chi connectivity index (χ2n) is 9.51. The summed E-state index contributed by atoms with van der Waals surface area (Å²) in [6.07, 6.45) is 1.65. The highest BCUT2D eigenvalue weighted by Gasteiger charge is 2.26. The number of hydrogen-bond acceptors (Lipinski definition) is 6. The van der Waals surface area contributed by atoms with Crippen molar-refractivity contribution in [3.05, 3.63) is 84.6 Å². The van der Waals surface area contributed by atoms with Gasteiger partial charge in [-0.25, -0.2) is 22.9 Å². The van der Waals surface area contributed by atoms with Crippen molar-refractivity contribution in [3.63, 3.8) is 0 Å². The average Bonchev–Trinajstić information content (AvgIpc) is 3.32. The minimum Gasteiger partial charge on any atom is -0.399 e. The maximum absolute atomic E-state index is 13.4. The number of nitrogens with two attached hydrogens (primary N) is 1. The van der Waals surface area contributed by atoms with Crippen molar-refractivity contribution < 1.29 is 13.2 Å². The average molecular weight is 536 g/mol. The quantitative estimate of drug-likeness (QED) is 0.234. The number of nitrogen functional groups attached to an aromatic ring is 1. The highest BCUT2D eigenvalue weighted by molar-refractivity contribution is 7.89. The number of nitrogens with zero attached hydrogens (tertiary/aromatic N) is 1. The Morgan fingerprint density at radius 2 is 1.70 bits per heavy atom. The number of amides is 2. The molecule has 0 saturated carbocycles. The first-order valence-electron chi connectivity index (χ1n) is 11.6. The molecule has 4 aromatic rings. The van der Waals surface area contributed by atoms with Gasteiger partial charge in [-0.1, -0.05) is 36.4 Å². The molecule has 0 spiro atoms. The van der Waals surface area contributed by atoms with Crippen LogP contribution in [0.15, 0.2) is 83.9 Å². The van der Waals surface area contributed by atoms with Crippen molar-refractivity contribution in [2.75, 3.05) is 11.1 Å². The molecule has 8 nitrogen and oxygen atoms in total. The third kappa shape index (κ3) is 6.94. The van der Waals surface area contributed by atoms with Gasteiger partial charge in [0, 0.05) is 40.8 Å². The molecule has 0 fully saturated rings. The summed E-state index contributed by atoms with van der Waals surface area (Å²) in [7, 11) is -3.93. The number of nitrogens with one attached hydrogen (secondary N) is 3. The molecule has 0 aliphatic heterocycles. The van der Waals surface area contributed by atoms with Gasteiger partial charge in [0.2, 0.25) is 10.0 Å². The molecule has 10 heteroatoms. The fraction of sp³-hybridized carbons (Fsp3) is 0.185. The fourth-order valence-electron chi connectivity index (χ4n) is 3.60. The number of hydrogen-bond donors (Lipinski definition) is 4. The van der Waals surface area contributed by atoms with Gasteiger partial charge in [-0.05, 0) is 62.7 Å². The van der Waals surface area contributed by atoms with Gasteiger partial charge in [-0.2, -0.15) is 0 Å². The number of rotatable bonds is 7. The lowest BCUT2D eigenvalue weighted by atomic mass is 10.1. The third-order valence-corrected chi connectivity index (χ3v) is 8.07. The van der Waals surface area contributed by atoms with Gasteiger partial charge in [0.15, 0.2) is 0 Å². The summed E-state index contributed by atoms with van der Waals surface area (Å²) >= 11 is 1.37. The highest BCUT2D eigenvalue weighted by atomic mass is 32.2. The van der Waals surface area contributed by atoms with Crippen molar-refractivity contribution in [2.24, 2.45) is 0 Å². The monoisotopic (exact) mass is 535 g/mol. The number of aromatic nitrogens is 1. The van der Waals surface area contributed by atoms with E-state index < -0.39 is 21.6 Å². The molecule has 4 rings (SSSR count). The van der Waals surface area contributed by atoms with E-state index in [1.807, 2.05) is 42.5 Å². The maximum Gasteiger partial charge on any atom is 0.319 e. The van der Waals surface area contributed by atoms with Crippen LogP contribution in [0.1, 0.15) is 26.3 Å². The van der Waals surface area contributed by atoms with E-state index in [4.69, 9.17) is 5.73 Å². The second-order valence-corrected chi connectivity index (χ2v) is 12.2. The van der Waals surface area contributed by atoms with Crippen LogP contribution in [0.3, 0.4) is 0 Å². The van der Waals surface area contributed by atoms with Crippen molar-refractivity contribution >= 4 is 38.8 Å². The minimum atomic E-state index is -3.93. The molecule has 192 valence electrons. The van der Waals surface area contributed by atoms with Crippen LogP contribution in [0.5, 0.6) is 0 Å². The Balaban J connectivity index is 1.64. The topological polar surface area (TPSA) is 126 Å². The summed E-state index contributed by atoms with van der Waals surface area (Å²) in [6, 6.07) is 21.2. The smallest absolute Gasteiger partial charge is 0.319 e. The normalized spacial score (nSPS) is 11.8. The zero-order valence-electron chi connectivity index (χ0n) is 20.8. The van der Waals surface area contributed by atoms with Crippen molar-refractivity contribution in [2.45, 2.75) is 37.8 Å². The molecular weight excluding hydrogens is 506 g/mol. The highest BCUT2D eigenvalue weighted by Crippen LogP contribution is 2.37. The van der Waals surface area contributed by atoms with Gasteiger partial charge in [0.1, 0.15) is 5.01 Å². The number of urea groups is 1. The van der Waals surface area contributed by atoms with Gasteiger partial charge < -0.3 is 16.4 Å². The molecule has 37 heavy (non-hydrogen) atoms. The van der Waals surface area contributed by atoms with Gasteiger partial charge in [-0.3, -0.25) is 0 Å². The molecule has 5 N–H and O–H groups in total. The van der Waals surface area contributed by atoms with E-state index in [0.29, 0.717) is 28.4 Å². The molecule has 2 amide bonds. The molecule has 0 aliphatic rings. The van der Waals surface area contributed by atoms with Gasteiger partial charge in [0.05, 0.1) is 9.77 Å². The SMILES string of the molecule is CC(C)(C)NS(=O)(=O)c1cc(NC(=O)NCc2ccccc2)ccc1-c1cnc(-c2ccc(N)cc2)s1. The Bertz CT molecular complexity index is 1490.